The van der Waals surface area contributed by atoms with E-state index >= 15 is 0 Å². The third kappa shape index (κ3) is 8.94. The van der Waals surface area contributed by atoms with E-state index in [9.17, 15) is 18.0 Å². The molecule has 0 saturated carbocycles. The molecule has 1 atom stereocenters. The maximum Gasteiger partial charge on any atom is 0.410 e. The van der Waals surface area contributed by atoms with Gasteiger partial charge in [0, 0.05) is 26.7 Å². The van der Waals surface area contributed by atoms with Gasteiger partial charge in [-0.1, -0.05) is 78.4 Å². The SMILES string of the molecule is Cc1ccc(S(=O)(=O)N(CCc2ccccc2)C(=NCCc2ccccc2)N2CCCC(N(C)C(=O)OC(C)(C)C)C2=O)cc1. The zero-order valence-corrected chi connectivity index (χ0v) is 27.7. The molecular weight excluding hydrogens is 588 g/mol. The Morgan fingerprint density at radius 3 is 2.09 bits per heavy atom. The third-order valence-corrected chi connectivity index (χ3v) is 9.37. The minimum absolute atomic E-state index is 0.0646. The van der Waals surface area contributed by atoms with Gasteiger partial charge in [-0.3, -0.25) is 19.6 Å². The van der Waals surface area contributed by atoms with E-state index in [4.69, 9.17) is 9.73 Å². The molecule has 1 aliphatic heterocycles. The lowest BCUT2D eigenvalue weighted by Gasteiger charge is -2.40. The van der Waals surface area contributed by atoms with Crippen molar-refractivity contribution >= 4 is 28.0 Å². The molecule has 1 heterocycles. The van der Waals surface area contributed by atoms with Gasteiger partial charge in [0.1, 0.15) is 11.6 Å². The predicted molar refractivity (Wildman–Crippen MR) is 176 cm³/mol. The average Bonchev–Trinajstić information content (AvgIpc) is 3.00. The Morgan fingerprint density at radius 1 is 0.933 bits per heavy atom. The first-order valence-corrected chi connectivity index (χ1v) is 16.8. The Bertz CT molecular complexity index is 1570. The molecule has 3 aromatic carbocycles. The summed E-state index contributed by atoms with van der Waals surface area (Å²) in [5, 5.41) is 0. The predicted octanol–water partition coefficient (Wildman–Crippen LogP) is 5.69. The highest BCUT2D eigenvalue weighted by Crippen LogP contribution is 2.25. The van der Waals surface area contributed by atoms with Gasteiger partial charge in [0.2, 0.25) is 5.96 Å². The number of carbonyl (C=O) groups is 2. The molecule has 0 aromatic heterocycles. The molecule has 1 fully saturated rings. The monoisotopic (exact) mass is 632 g/mol. The van der Waals surface area contributed by atoms with Crippen molar-refractivity contribution in [3.8, 4) is 0 Å². The largest absolute Gasteiger partial charge is 0.444 e. The summed E-state index contributed by atoms with van der Waals surface area (Å²) >= 11 is 0. The molecule has 1 aliphatic rings. The molecule has 0 aliphatic carbocycles. The fourth-order valence-corrected chi connectivity index (χ4v) is 6.58. The lowest BCUT2D eigenvalue weighted by atomic mass is 10.0. The fourth-order valence-electron chi connectivity index (χ4n) is 5.14. The number of likely N-dealkylation sites (tertiary alicyclic amines) is 1. The molecule has 9 nitrogen and oxygen atoms in total. The van der Waals surface area contributed by atoms with Gasteiger partial charge in [0.05, 0.1) is 4.90 Å². The van der Waals surface area contributed by atoms with Crippen LogP contribution in [0.2, 0.25) is 0 Å². The highest BCUT2D eigenvalue weighted by atomic mass is 32.2. The minimum Gasteiger partial charge on any atom is -0.444 e. The third-order valence-electron chi connectivity index (χ3n) is 7.58. The molecule has 3 aromatic rings. The number of aliphatic imine (C=N–C) groups is 1. The lowest BCUT2D eigenvalue weighted by molar-refractivity contribution is -0.135. The normalized spacial score (nSPS) is 15.9. The highest BCUT2D eigenvalue weighted by molar-refractivity contribution is 7.89. The zero-order chi connectivity index (χ0) is 32.6. The Morgan fingerprint density at radius 2 is 1.51 bits per heavy atom. The van der Waals surface area contributed by atoms with Crippen molar-refractivity contribution in [2.75, 3.05) is 26.7 Å². The second-order valence-corrected chi connectivity index (χ2v) is 14.1. The van der Waals surface area contributed by atoms with Gasteiger partial charge in [0.15, 0.2) is 0 Å². The zero-order valence-electron chi connectivity index (χ0n) is 26.8. The number of nitrogens with zero attached hydrogens (tertiary/aromatic N) is 4. The average molecular weight is 633 g/mol. The number of hydrogen-bond donors (Lipinski definition) is 0. The number of aryl methyl sites for hydroxylation is 1. The van der Waals surface area contributed by atoms with E-state index in [0.717, 1.165) is 16.7 Å². The second-order valence-electron chi connectivity index (χ2n) is 12.3. The van der Waals surface area contributed by atoms with Crippen LogP contribution in [0.15, 0.2) is 94.8 Å². The molecule has 0 bridgehead atoms. The van der Waals surface area contributed by atoms with Crippen molar-refractivity contribution in [1.82, 2.24) is 14.1 Å². The number of carbonyl (C=O) groups excluding carboxylic acids is 2. The molecule has 240 valence electrons. The number of ether oxygens (including phenoxy) is 1. The molecule has 1 saturated heterocycles. The van der Waals surface area contributed by atoms with Crippen LogP contribution in [0.1, 0.15) is 50.3 Å². The van der Waals surface area contributed by atoms with E-state index in [2.05, 4.69) is 0 Å². The van der Waals surface area contributed by atoms with Gasteiger partial charge < -0.3 is 4.74 Å². The quantitative estimate of drug-likeness (QED) is 0.223. The summed E-state index contributed by atoms with van der Waals surface area (Å²) < 4.78 is 35.6. The molecule has 0 radical (unpaired) electrons. The van der Waals surface area contributed by atoms with Gasteiger partial charge in [-0.05, 0) is 76.6 Å². The minimum atomic E-state index is -4.13. The summed E-state index contributed by atoms with van der Waals surface area (Å²) in [6.45, 7) is 7.81. The number of benzene rings is 3. The smallest absolute Gasteiger partial charge is 0.410 e. The first-order chi connectivity index (χ1) is 21.4. The number of hydrogen-bond acceptors (Lipinski definition) is 6. The molecule has 2 amide bonds. The molecule has 0 N–H and O–H groups in total. The molecule has 45 heavy (non-hydrogen) atoms. The van der Waals surface area contributed by atoms with Crippen molar-refractivity contribution in [1.29, 1.82) is 0 Å². The van der Waals surface area contributed by atoms with E-state index in [0.29, 0.717) is 25.7 Å². The van der Waals surface area contributed by atoms with Crippen LogP contribution in [-0.4, -0.2) is 78.8 Å². The topological polar surface area (TPSA) is 99.6 Å². The van der Waals surface area contributed by atoms with Crippen molar-refractivity contribution < 1.29 is 22.7 Å². The van der Waals surface area contributed by atoms with E-state index in [-0.39, 0.29) is 30.5 Å². The van der Waals surface area contributed by atoms with Crippen LogP contribution < -0.4 is 0 Å². The molecule has 4 rings (SSSR count). The highest BCUT2D eigenvalue weighted by Gasteiger charge is 2.41. The maximum atomic E-state index is 14.4. The molecule has 1 unspecified atom stereocenters. The van der Waals surface area contributed by atoms with E-state index in [1.54, 1.807) is 52.1 Å². The van der Waals surface area contributed by atoms with E-state index < -0.39 is 33.7 Å². The summed E-state index contributed by atoms with van der Waals surface area (Å²) in [6.07, 6.45) is 1.34. The van der Waals surface area contributed by atoms with Crippen LogP contribution in [0, 0.1) is 6.92 Å². The fraction of sp³-hybridized carbons (Fsp3) is 0.400. The van der Waals surface area contributed by atoms with Gasteiger partial charge in [0.25, 0.3) is 15.9 Å². The number of likely N-dealkylation sites (N-methyl/N-ethyl adjacent to an activating group) is 1. The summed E-state index contributed by atoms with van der Waals surface area (Å²) in [5.41, 5.74) is 2.20. The Hall–Kier alpha value is -4.18. The van der Waals surface area contributed by atoms with Crippen LogP contribution in [-0.2, 0) is 32.4 Å². The van der Waals surface area contributed by atoms with Gasteiger partial charge in [-0.25, -0.2) is 17.5 Å². The lowest BCUT2D eigenvalue weighted by Crippen LogP contribution is -2.59. The van der Waals surface area contributed by atoms with Crippen molar-refractivity contribution in [3.05, 3.63) is 102 Å². The van der Waals surface area contributed by atoms with Crippen LogP contribution >= 0.6 is 0 Å². The van der Waals surface area contributed by atoms with E-state index in [1.165, 1.54) is 14.1 Å². The Labute approximate surface area is 267 Å². The number of rotatable bonds is 9. The van der Waals surface area contributed by atoms with Crippen molar-refractivity contribution in [3.63, 3.8) is 0 Å². The molecular formula is C35H44N4O5S. The van der Waals surface area contributed by atoms with Crippen molar-refractivity contribution in [2.45, 2.75) is 69.9 Å². The first-order valence-electron chi connectivity index (χ1n) is 15.4. The first kappa shape index (κ1) is 33.7. The number of piperidine rings is 1. The van der Waals surface area contributed by atoms with Crippen LogP contribution in [0.3, 0.4) is 0 Å². The summed E-state index contributed by atoms with van der Waals surface area (Å²) in [6, 6.07) is 25.3. The number of guanidine groups is 1. The number of amides is 2. The standard InChI is InChI=1S/C35H44N4O5S/c1-27-18-20-30(21-19-27)45(42,43)39(26-23-29-15-10-7-11-16-29)33(36-24-22-28-13-8-6-9-14-28)38-25-12-17-31(32(38)40)37(5)34(41)44-35(2,3)4/h6-11,13-16,18-21,31H,12,17,22-26H2,1-5H3. The summed E-state index contributed by atoms with van der Waals surface area (Å²) in [4.78, 5) is 34.9. The number of sulfonamides is 1. The second kappa shape index (κ2) is 14.7. The van der Waals surface area contributed by atoms with Crippen LogP contribution in [0.25, 0.3) is 0 Å². The van der Waals surface area contributed by atoms with Gasteiger partial charge in [-0.2, -0.15) is 0 Å². The molecule has 10 heteroatoms. The molecule has 0 spiro atoms. The Balaban J connectivity index is 1.75. The van der Waals surface area contributed by atoms with Crippen LogP contribution in [0.4, 0.5) is 4.79 Å². The van der Waals surface area contributed by atoms with E-state index in [1.807, 2.05) is 67.6 Å². The van der Waals surface area contributed by atoms with Gasteiger partial charge in [-0.15, -0.1) is 0 Å². The van der Waals surface area contributed by atoms with Crippen molar-refractivity contribution in [2.24, 2.45) is 4.99 Å². The maximum absolute atomic E-state index is 14.4. The summed E-state index contributed by atoms with van der Waals surface area (Å²) in [7, 11) is -2.59. The Kier molecular flexibility index (Phi) is 11.0. The van der Waals surface area contributed by atoms with Crippen LogP contribution in [0.5, 0.6) is 0 Å². The van der Waals surface area contributed by atoms with Gasteiger partial charge >= 0.3 is 6.09 Å². The summed E-state index contributed by atoms with van der Waals surface area (Å²) in [5.74, 6) is -0.327.